The van der Waals surface area contributed by atoms with Crippen LogP contribution in [0.1, 0.15) is 16.9 Å². The highest BCUT2D eigenvalue weighted by Crippen LogP contribution is 2.31. The Hall–Kier alpha value is -4.13. The topological polar surface area (TPSA) is 91.8 Å². The van der Waals surface area contributed by atoms with Gasteiger partial charge < -0.3 is 13.9 Å². The maximum Gasteiger partial charge on any atom is 0.343 e. The standard InChI is InChI=1S/C23H17NO6/c1-14-11-17(24(26)27)5-9-20(14)21-10-8-19(29-21)12-16-13-22(30-23(16)25)15-3-6-18(28-2)7-4-15/h3-13H,1-2H3/b16-12-. The number of esters is 1. The van der Waals surface area contributed by atoms with Crippen molar-refractivity contribution in [2.24, 2.45) is 0 Å². The normalized spacial score (nSPS) is 14.5. The van der Waals surface area contributed by atoms with Crippen LogP contribution in [0, 0.1) is 17.0 Å². The molecule has 0 saturated heterocycles. The highest BCUT2D eigenvalue weighted by atomic mass is 16.6. The van der Waals surface area contributed by atoms with Crippen LogP contribution in [0.15, 0.2) is 70.7 Å². The Morgan fingerprint density at radius 1 is 1.07 bits per heavy atom. The van der Waals surface area contributed by atoms with Crippen molar-refractivity contribution in [2.75, 3.05) is 7.11 Å². The lowest BCUT2D eigenvalue weighted by molar-refractivity contribution is -0.384. The number of nitrogens with zero attached hydrogens (tertiary/aromatic N) is 1. The first-order valence-corrected chi connectivity index (χ1v) is 9.10. The number of hydrogen-bond donors (Lipinski definition) is 0. The highest BCUT2D eigenvalue weighted by molar-refractivity contribution is 6.04. The Labute approximate surface area is 172 Å². The number of nitro benzene ring substituents is 1. The smallest absolute Gasteiger partial charge is 0.343 e. The maximum absolute atomic E-state index is 12.2. The molecule has 1 aliphatic rings. The average Bonchev–Trinajstić information content (AvgIpc) is 3.35. The summed E-state index contributed by atoms with van der Waals surface area (Å²) >= 11 is 0. The van der Waals surface area contributed by atoms with Crippen LogP contribution in [-0.2, 0) is 9.53 Å². The zero-order valence-corrected chi connectivity index (χ0v) is 16.2. The van der Waals surface area contributed by atoms with Crippen LogP contribution in [-0.4, -0.2) is 18.0 Å². The predicted octanol–water partition coefficient (Wildman–Crippen LogP) is 5.15. The third-order valence-electron chi connectivity index (χ3n) is 4.71. The van der Waals surface area contributed by atoms with Crippen molar-refractivity contribution in [2.45, 2.75) is 6.92 Å². The first-order chi connectivity index (χ1) is 14.4. The van der Waals surface area contributed by atoms with Crippen LogP contribution in [0.3, 0.4) is 0 Å². The quantitative estimate of drug-likeness (QED) is 0.253. The number of hydrogen-bond acceptors (Lipinski definition) is 6. The van der Waals surface area contributed by atoms with Crippen molar-refractivity contribution < 1.29 is 23.6 Å². The van der Waals surface area contributed by atoms with Gasteiger partial charge in [-0.25, -0.2) is 4.79 Å². The number of ether oxygens (including phenoxy) is 2. The van der Waals surface area contributed by atoms with E-state index in [0.717, 1.165) is 16.7 Å². The molecule has 1 aliphatic heterocycles. The third kappa shape index (κ3) is 3.73. The van der Waals surface area contributed by atoms with Gasteiger partial charge in [0.15, 0.2) is 0 Å². The van der Waals surface area contributed by atoms with Crippen LogP contribution < -0.4 is 4.74 Å². The molecule has 0 radical (unpaired) electrons. The molecule has 150 valence electrons. The van der Waals surface area contributed by atoms with Gasteiger partial charge in [-0.15, -0.1) is 0 Å². The number of benzene rings is 2. The minimum absolute atomic E-state index is 0.0232. The monoisotopic (exact) mass is 403 g/mol. The van der Waals surface area contributed by atoms with Crippen molar-refractivity contribution in [1.29, 1.82) is 0 Å². The fourth-order valence-corrected chi connectivity index (χ4v) is 3.15. The van der Waals surface area contributed by atoms with E-state index in [1.165, 1.54) is 12.1 Å². The van der Waals surface area contributed by atoms with Gasteiger partial charge in [0.2, 0.25) is 0 Å². The van der Waals surface area contributed by atoms with Gasteiger partial charge in [0.05, 0.1) is 17.6 Å². The molecule has 1 aromatic heterocycles. The van der Waals surface area contributed by atoms with Gasteiger partial charge in [0.25, 0.3) is 5.69 Å². The van der Waals surface area contributed by atoms with Gasteiger partial charge in [0.1, 0.15) is 23.0 Å². The van der Waals surface area contributed by atoms with E-state index < -0.39 is 10.9 Å². The summed E-state index contributed by atoms with van der Waals surface area (Å²) in [5.74, 6) is 1.73. The molecule has 7 nitrogen and oxygen atoms in total. The van der Waals surface area contributed by atoms with Gasteiger partial charge in [0, 0.05) is 23.3 Å². The van der Waals surface area contributed by atoms with Crippen molar-refractivity contribution in [3.63, 3.8) is 0 Å². The number of non-ortho nitro benzene ring substituents is 1. The molecule has 4 rings (SSSR count). The summed E-state index contributed by atoms with van der Waals surface area (Å²) in [6.07, 6.45) is 3.26. The molecule has 2 aromatic carbocycles. The SMILES string of the molecule is COc1ccc(C2=C/C(=C/c3ccc(-c4ccc([N+](=O)[O-])cc4C)o3)C(=O)O2)cc1. The summed E-state index contributed by atoms with van der Waals surface area (Å²) in [5.41, 5.74) is 2.61. The van der Waals surface area contributed by atoms with Crippen molar-refractivity contribution in [3.8, 4) is 17.1 Å². The molecule has 0 atom stereocenters. The molecular weight excluding hydrogens is 386 g/mol. The second kappa shape index (κ2) is 7.71. The molecular formula is C23H17NO6. The molecule has 0 unspecified atom stereocenters. The number of rotatable bonds is 5. The Morgan fingerprint density at radius 2 is 1.83 bits per heavy atom. The predicted molar refractivity (Wildman–Crippen MR) is 111 cm³/mol. The van der Waals surface area contributed by atoms with Gasteiger partial charge in [-0.2, -0.15) is 0 Å². The second-order valence-corrected chi connectivity index (χ2v) is 6.68. The summed E-state index contributed by atoms with van der Waals surface area (Å²) < 4.78 is 16.3. The van der Waals surface area contributed by atoms with Crippen molar-refractivity contribution in [1.82, 2.24) is 0 Å². The summed E-state index contributed by atoms with van der Waals surface area (Å²) in [6.45, 7) is 1.78. The first-order valence-electron chi connectivity index (χ1n) is 9.10. The molecule has 0 amide bonds. The van der Waals surface area contributed by atoms with E-state index in [-0.39, 0.29) is 5.69 Å². The largest absolute Gasteiger partial charge is 0.497 e. The van der Waals surface area contributed by atoms with E-state index >= 15 is 0 Å². The van der Waals surface area contributed by atoms with E-state index in [2.05, 4.69) is 0 Å². The number of aryl methyl sites for hydroxylation is 1. The van der Waals surface area contributed by atoms with Gasteiger partial charge in [-0.1, -0.05) is 0 Å². The lowest BCUT2D eigenvalue weighted by Gasteiger charge is -2.03. The number of cyclic esters (lactones) is 1. The number of furan rings is 1. The molecule has 2 heterocycles. The molecule has 0 aliphatic carbocycles. The van der Waals surface area contributed by atoms with E-state index in [0.29, 0.717) is 28.6 Å². The zero-order valence-electron chi connectivity index (χ0n) is 16.2. The number of carbonyl (C=O) groups excluding carboxylic acids is 1. The molecule has 30 heavy (non-hydrogen) atoms. The van der Waals surface area contributed by atoms with Crippen molar-refractivity contribution >= 4 is 23.5 Å². The maximum atomic E-state index is 12.2. The van der Waals surface area contributed by atoms with Gasteiger partial charge in [-0.3, -0.25) is 10.1 Å². The molecule has 0 N–H and O–H groups in total. The lowest BCUT2D eigenvalue weighted by atomic mass is 10.1. The molecule has 3 aromatic rings. The minimum Gasteiger partial charge on any atom is -0.497 e. The Morgan fingerprint density at radius 3 is 2.50 bits per heavy atom. The summed E-state index contributed by atoms with van der Waals surface area (Å²) in [6, 6.07) is 15.3. The lowest BCUT2D eigenvalue weighted by Crippen LogP contribution is -1.97. The van der Waals surface area contributed by atoms with Crippen molar-refractivity contribution in [3.05, 3.63) is 93.2 Å². The molecule has 7 heteroatoms. The van der Waals surface area contributed by atoms with Crippen LogP contribution in [0.25, 0.3) is 23.2 Å². The summed E-state index contributed by atoms with van der Waals surface area (Å²) in [5, 5.41) is 10.9. The van der Waals surface area contributed by atoms with Crippen LogP contribution in [0.5, 0.6) is 5.75 Å². The second-order valence-electron chi connectivity index (χ2n) is 6.68. The summed E-state index contributed by atoms with van der Waals surface area (Å²) in [4.78, 5) is 22.7. The highest BCUT2D eigenvalue weighted by Gasteiger charge is 2.22. The van der Waals surface area contributed by atoms with Gasteiger partial charge in [-0.05, 0) is 67.1 Å². The minimum atomic E-state index is -0.467. The van der Waals surface area contributed by atoms with E-state index in [1.54, 1.807) is 56.5 Å². The van der Waals surface area contributed by atoms with E-state index in [4.69, 9.17) is 13.9 Å². The zero-order chi connectivity index (χ0) is 21.3. The number of methoxy groups -OCH3 is 1. The van der Waals surface area contributed by atoms with Crippen LogP contribution in [0.2, 0.25) is 0 Å². The molecule has 0 saturated carbocycles. The number of nitro groups is 1. The average molecular weight is 403 g/mol. The molecule has 0 fully saturated rings. The third-order valence-corrected chi connectivity index (χ3v) is 4.71. The Kier molecular flexibility index (Phi) is 4.93. The first kappa shape index (κ1) is 19.2. The van der Waals surface area contributed by atoms with E-state index in [1.807, 2.05) is 12.1 Å². The molecule has 0 spiro atoms. The van der Waals surface area contributed by atoms with Crippen LogP contribution in [0.4, 0.5) is 5.69 Å². The van der Waals surface area contributed by atoms with E-state index in [9.17, 15) is 14.9 Å². The van der Waals surface area contributed by atoms with Crippen LogP contribution >= 0.6 is 0 Å². The Balaban J connectivity index is 1.60. The molecule has 0 bridgehead atoms. The van der Waals surface area contributed by atoms with Gasteiger partial charge >= 0.3 is 5.97 Å². The summed E-state index contributed by atoms with van der Waals surface area (Å²) in [7, 11) is 1.58. The fraction of sp³-hybridized carbons (Fsp3) is 0.0870. The number of carbonyl (C=O) groups is 1. The fourth-order valence-electron chi connectivity index (χ4n) is 3.15. The Bertz CT molecular complexity index is 1200.